The number of benzene rings is 2. The highest BCUT2D eigenvalue weighted by Gasteiger charge is 2.28. The topological polar surface area (TPSA) is 75.7 Å². The molecule has 0 spiro atoms. The van der Waals surface area contributed by atoms with Crippen LogP contribution in [0.5, 0.6) is 0 Å². The third kappa shape index (κ3) is 5.27. The number of carbonyl (C=O) groups excluding carboxylic acids is 1. The van der Waals surface area contributed by atoms with Crippen molar-refractivity contribution >= 4 is 27.5 Å². The maximum atomic E-state index is 12.6. The lowest BCUT2D eigenvalue weighted by Crippen LogP contribution is -2.47. The molecule has 0 heterocycles. The quantitative estimate of drug-likeness (QED) is 0.743. The first-order valence-corrected chi connectivity index (χ1v) is 9.32. The van der Waals surface area contributed by atoms with Gasteiger partial charge in [-0.05, 0) is 36.2 Å². The first-order chi connectivity index (χ1) is 11.8. The molecule has 0 aliphatic heterocycles. The van der Waals surface area contributed by atoms with E-state index in [2.05, 4.69) is 4.72 Å². The first kappa shape index (κ1) is 19.4. The van der Waals surface area contributed by atoms with Crippen LogP contribution in [0.4, 0.5) is 0 Å². The van der Waals surface area contributed by atoms with E-state index in [4.69, 9.17) is 16.4 Å². The molecule has 0 aromatic heterocycles. The Hall–Kier alpha value is -1.93. The Morgan fingerprint density at radius 1 is 1.16 bits per heavy atom. The van der Waals surface area contributed by atoms with Gasteiger partial charge in [0, 0.05) is 12.1 Å². The van der Waals surface area contributed by atoms with E-state index in [1.54, 1.807) is 7.05 Å². The maximum absolute atomic E-state index is 12.6. The van der Waals surface area contributed by atoms with Gasteiger partial charge in [0.2, 0.25) is 0 Å². The normalized spacial score (nSPS) is 12.8. The summed E-state index contributed by atoms with van der Waals surface area (Å²) in [6.45, 7) is 0. The van der Waals surface area contributed by atoms with Crippen molar-refractivity contribution in [2.75, 3.05) is 14.2 Å². The fraction of sp³-hybridized carbons (Fsp3) is 0.235. The Morgan fingerprint density at radius 3 is 2.32 bits per heavy atom. The smallest absolute Gasteiger partial charge is 0.264 e. The molecule has 6 nitrogen and oxygen atoms in total. The average Bonchev–Trinajstić information content (AvgIpc) is 2.59. The molecule has 1 atom stereocenters. The Morgan fingerprint density at radius 2 is 1.76 bits per heavy atom. The zero-order valence-corrected chi connectivity index (χ0v) is 15.4. The molecule has 0 saturated heterocycles. The SMILES string of the molecule is CON(C)[C@@H](Cc1ccccc1)C(=O)NS(=O)(=O)c1ccc(Cl)cc1. The summed E-state index contributed by atoms with van der Waals surface area (Å²) >= 11 is 5.76. The number of nitrogens with zero attached hydrogens (tertiary/aromatic N) is 1. The second-order valence-corrected chi connectivity index (χ2v) is 7.48. The van der Waals surface area contributed by atoms with Crippen LogP contribution in [0.3, 0.4) is 0 Å². The van der Waals surface area contributed by atoms with Crippen LogP contribution in [-0.2, 0) is 26.1 Å². The largest absolute Gasteiger partial charge is 0.302 e. The minimum Gasteiger partial charge on any atom is -0.302 e. The minimum atomic E-state index is -4.00. The number of halogens is 1. The van der Waals surface area contributed by atoms with Gasteiger partial charge in [-0.3, -0.25) is 4.79 Å². The van der Waals surface area contributed by atoms with Crippen LogP contribution in [0.2, 0.25) is 5.02 Å². The van der Waals surface area contributed by atoms with Crippen molar-refractivity contribution in [1.82, 2.24) is 9.79 Å². The highest BCUT2D eigenvalue weighted by molar-refractivity contribution is 7.90. The molecule has 2 aromatic rings. The monoisotopic (exact) mass is 382 g/mol. The van der Waals surface area contributed by atoms with E-state index in [-0.39, 0.29) is 4.90 Å². The number of hydroxylamine groups is 2. The van der Waals surface area contributed by atoms with Crippen LogP contribution in [0.1, 0.15) is 5.56 Å². The highest BCUT2D eigenvalue weighted by Crippen LogP contribution is 2.15. The van der Waals surface area contributed by atoms with Crippen LogP contribution < -0.4 is 4.72 Å². The summed E-state index contributed by atoms with van der Waals surface area (Å²) in [5.41, 5.74) is 0.885. The zero-order chi connectivity index (χ0) is 18.4. The molecular weight excluding hydrogens is 364 g/mol. The van der Waals surface area contributed by atoms with Crippen LogP contribution in [0, 0.1) is 0 Å². The van der Waals surface area contributed by atoms with Crippen molar-refractivity contribution in [2.45, 2.75) is 17.4 Å². The number of nitrogens with one attached hydrogen (secondary N) is 1. The van der Waals surface area contributed by atoms with Crippen molar-refractivity contribution in [3.8, 4) is 0 Å². The molecule has 25 heavy (non-hydrogen) atoms. The summed E-state index contributed by atoms with van der Waals surface area (Å²) in [5, 5.41) is 1.73. The van der Waals surface area contributed by atoms with Gasteiger partial charge in [0.05, 0.1) is 12.0 Å². The van der Waals surface area contributed by atoms with E-state index in [0.717, 1.165) is 5.56 Å². The van der Waals surface area contributed by atoms with E-state index in [1.807, 2.05) is 30.3 Å². The van der Waals surface area contributed by atoms with Crippen LogP contribution >= 0.6 is 11.6 Å². The molecule has 0 saturated carbocycles. The Balaban J connectivity index is 2.20. The van der Waals surface area contributed by atoms with Gasteiger partial charge in [0.25, 0.3) is 15.9 Å². The number of carbonyl (C=O) groups is 1. The summed E-state index contributed by atoms with van der Waals surface area (Å²) in [5.74, 6) is -0.678. The number of hydrogen-bond acceptors (Lipinski definition) is 5. The molecule has 1 N–H and O–H groups in total. The number of hydrogen-bond donors (Lipinski definition) is 1. The molecule has 2 rings (SSSR count). The number of amides is 1. The minimum absolute atomic E-state index is 0.0382. The van der Waals surface area contributed by atoms with Crippen molar-refractivity contribution < 1.29 is 18.0 Å². The summed E-state index contributed by atoms with van der Waals surface area (Å²) in [7, 11) is -1.01. The highest BCUT2D eigenvalue weighted by atomic mass is 35.5. The van der Waals surface area contributed by atoms with Crippen LogP contribution in [-0.4, -0.2) is 39.6 Å². The first-order valence-electron chi connectivity index (χ1n) is 7.46. The summed E-state index contributed by atoms with van der Waals surface area (Å²) < 4.78 is 26.9. The lowest BCUT2D eigenvalue weighted by Gasteiger charge is -2.25. The summed E-state index contributed by atoms with van der Waals surface area (Å²) in [4.78, 5) is 17.6. The Kier molecular flexibility index (Phi) is 6.55. The number of likely N-dealkylation sites (N-methyl/N-ethyl adjacent to an activating group) is 1. The number of sulfonamides is 1. The predicted octanol–water partition coefficient (Wildman–Crippen LogP) is 2.25. The van der Waals surface area contributed by atoms with Crippen LogP contribution in [0.25, 0.3) is 0 Å². The molecule has 2 aromatic carbocycles. The Bertz CT molecular complexity index is 810. The van der Waals surface area contributed by atoms with Crippen molar-refractivity contribution in [1.29, 1.82) is 0 Å². The van der Waals surface area contributed by atoms with Crippen molar-refractivity contribution in [2.24, 2.45) is 0 Å². The van der Waals surface area contributed by atoms with Crippen LogP contribution in [0.15, 0.2) is 59.5 Å². The predicted molar refractivity (Wildman–Crippen MR) is 95.5 cm³/mol. The third-order valence-electron chi connectivity index (χ3n) is 3.66. The zero-order valence-electron chi connectivity index (χ0n) is 13.8. The number of rotatable bonds is 7. The van der Waals surface area contributed by atoms with E-state index in [9.17, 15) is 13.2 Å². The van der Waals surface area contributed by atoms with Gasteiger partial charge in [0.15, 0.2) is 0 Å². The van der Waals surface area contributed by atoms with Crippen molar-refractivity contribution in [3.05, 3.63) is 65.2 Å². The molecule has 0 fully saturated rings. The van der Waals surface area contributed by atoms with Crippen molar-refractivity contribution in [3.63, 3.8) is 0 Å². The van der Waals surface area contributed by atoms with E-state index >= 15 is 0 Å². The van der Waals surface area contributed by atoms with E-state index in [0.29, 0.717) is 11.4 Å². The molecule has 0 bridgehead atoms. The fourth-order valence-electron chi connectivity index (χ4n) is 2.22. The molecule has 0 radical (unpaired) electrons. The van der Waals surface area contributed by atoms with Gasteiger partial charge in [-0.15, -0.1) is 0 Å². The second-order valence-electron chi connectivity index (χ2n) is 5.36. The third-order valence-corrected chi connectivity index (χ3v) is 5.27. The van der Waals surface area contributed by atoms with Gasteiger partial charge in [-0.1, -0.05) is 41.9 Å². The van der Waals surface area contributed by atoms with Gasteiger partial charge >= 0.3 is 0 Å². The molecule has 8 heteroatoms. The van der Waals surface area contributed by atoms with Gasteiger partial charge in [-0.25, -0.2) is 13.1 Å². The molecule has 0 aliphatic carbocycles. The van der Waals surface area contributed by atoms with Gasteiger partial charge < -0.3 is 4.84 Å². The molecule has 0 aliphatic rings. The van der Waals surface area contributed by atoms with E-state index in [1.165, 1.54) is 36.4 Å². The lowest BCUT2D eigenvalue weighted by molar-refractivity contribution is -0.159. The average molecular weight is 383 g/mol. The molecule has 134 valence electrons. The second kappa shape index (κ2) is 8.44. The molecule has 0 unspecified atom stereocenters. The maximum Gasteiger partial charge on any atom is 0.264 e. The van der Waals surface area contributed by atoms with Gasteiger partial charge in [-0.2, -0.15) is 5.06 Å². The standard InChI is InChI=1S/C17H19ClN2O4S/c1-20(24-2)16(12-13-6-4-3-5-7-13)17(21)19-25(22,23)15-10-8-14(18)9-11-15/h3-11,16H,12H2,1-2H3,(H,19,21)/t16-/m0/s1. The molecular formula is C17H19ClN2O4S. The summed E-state index contributed by atoms with van der Waals surface area (Å²) in [6.07, 6.45) is 0.299. The summed E-state index contributed by atoms with van der Waals surface area (Å²) in [6, 6.07) is 14.0. The Labute approximate surface area is 152 Å². The lowest BCUT2D eigenvalue weighted by atomic mass is 10.1. The fourth-order valence-corrected chi connectivity index (χ4v) is 3.36. The molecule has 1 amide bonds. The van der Waals surface area contributed by atoms with Gasteiger partial charge in [0.1, 0.15) is 6.04 Å². The van der Waals surface area contributed by atoms with E-state index < -0.39 is 22.0 Å².